The molecule has 0 amide bonds. The Bertz CT molecular complexity index is 610. The minimum atomic E-state index is -0.106. The molecular weight excluding hydrogens is 254 g/mol. The van der Waals surface area contributed by atoms with Gasteiger partial charge >= 0.3 is 0 Å². The first kappa shape index (κ1) is 12.8. The van der Waals surface area contributed by atoms with Crippen LogP contribution in [0.25, 0.3) is 0 Å². The van der Waals surface area contributed by atoms with E-state index in [4.69, 9.17) is 15.2 Å². The van der Waals surface area contributed by atoms with Crippen molar-refractivity contribution in [3.05, 3.63) is 53.6 Å². The van der Waals surface area contributed by atoms with Crippen LogP contribution in [0.2, 0.25) is 0 Å². The summed E-state index contributed by atoms with van der Waals surface area (Å²) in [5.41, 5.74) is 8.23. The van der Waals surface area contributed by atoms with E-state index in [0.29, 0.717) is 6.42 Å². The fourth-order valence-electron chi connectivity index (χ4n) is 2.50. The van der Waals surface area contributed by atoms with Crippen molar-refractivity contribution in [1.82, 2.24) is 0 Å². The summed E-state index contributed by atoms with van der Waals surface area (Å²) in [5.74, 6) is 1.76. The van der Waals surface area contributed by atoms with E-state index in [1.165, 1.54) is 0 Å². The Morgan fingerprint density at radius 3 is 2.65 bits per heavy atom. The first-order valence-electron chi connectivity index (χ1n) is 6.56. The Kier molecular flexibility index (Phi) is 3.24. The van der Waals surface area contributed by atoms with E-state index >= 15 is 0 Å². The lowest BCUT2D eigenvalue weighted by Crippen LogP contribution is -2.24. The van der Waals surface area contributed by atoms with Crippen LogP contribution in [0, 0.1) is 0 Å². The van der Waals surface area contributed by atoms with Crippen molar-refractivity contribution in [2.45, 2.75) is 18.6 Å². The van der Waals surface area contributed by atoms with E-state index in [9.17, 15) is 5.11 Å². The summed E-state index contributed by atoms with van der Waals surface area (Å²) >= 11 is 0. The van der Waals surface area contributed by atoms with Gasteiger partial charge in [0.15, 0.2) is 0 Å². The van der Waals surface area contributed by atoms with Crippen LogP contribution in [0.15, 0.2) is 42.5 Å². The highest BCUT2D eigenvalue weighted by atomic mass is 16.5. The maximum absolute atomic E-state index is 9.35. The highest BCUT2D eigenvalue weighted by Gasteiger charge is 2.27. The maximum Gasteiger partial charge on any atom is 0.128 e. The molecule has 3 N–H and O–H groups in total. The molecule has 0 fully saturated rings. The van der Waals surface area contributed by atoms with Crippen LogP contribution < -0.4 is 15.2 Å². The second-order valence-electron chi connectivity index (χ2n) is 4.94. The number of rotatable bonds is 2. The average molecular weight is 271 g/mol. The minimum Gasteiger partial charge on any atom is -0.508 e. The molecule has 1 aliphatic heterocycles. The Labute approximate surface area is 117 Å². The van der Waals surface area contributed by atoms with Crippen molar-refractivity contribution in [1.29, 1.82) is 0 Å². The Morgan fingerprint density at radius 1 is 1.20 bits per heavy atom. The second kappa shape index (κ2) is 5.06. The third kappa shape index (κ3) is 2.30. The smallest absolute Gasteiger partial charge is 0.128 e. The van der Waals surface area contributed by atoms with Gasteiger partial charge < -0.3 is 20.3 Å². The van der Waals surface area contributed by atoms with E-state index in [1.807, 2.05) is 30.3 Å². The standard InChI is InChI=1S/C16H17NO3/c1-19-12-6-7-13-14(17)9-15(20-16(13)8-12)10-2-4-11(18)5-3-10/h2-8,14-15,18H,9,17H2,1H3/t14-,15?/m0/s1. The summed E-state index contributed by atoms with van der Waals surface area (Å²) in [6.07, 6.45) is 0.606. The van der Waals surface area contributed by atoms with Crippen LogP contribution in [0.3, 0.4) is 0 Å². The fourth-order valence-corrected chi connectivity index (χ4v) is 2.50. The number of benzene rings is 2. The summed E-state index contributed by atoms with van der Waals surface area (Å²) in [7, 11) is 1.63. The zero-order chi connectivity index (χ0) is 14.1. The number of aromatic hydroxyl groups is 1. The number of phenolic OH excluding ortho intramolecular Hbond substituents is 1. The van der Waals surface area contributed by atoms with Gasteiger partial charge in [-0.25, -0.2) is 0 Å². The number of ether oxygens (including phenoxy) is 2. The van der Waals surface area contributed by atoms with Crippen LogP contribution in [0.4, 0.5) is 0 Å². The van der Waals surface area contributed by atoms with Crippen LogP contribution in [0.1, 0.15) is 29.7 Å². The Hall–Kier alpha value is -2.20. The summed E-state index contributed by atoms with van der Waals surface area (Å²) < 4.78 is 11.2. The van der Waals surface area contributed by atoms with Crippen molar-refractivity contribution in [3.8, 4) is 17.2 Å². The minimum absolute atomic E-state index is 0.0662. The van der Waals surface area contributed by atoms with Gasteiger partial charge in [0.1, 0.15) is 23.4 Å². The molecule has 104 valence electrons. The summed E-state index contributed by atoms with van der Waals surface area (Å²) in [5, 5.41) is 9.35. The number of phenols is 1. The molecule has 2 atom stereocenters. The van der Waals surface area contributed by atoms with Gasteiger partial charge in [-0.15, -0.1) is 0 Å². The zero-order valence-corrected chi connectivity index (χ0v) is 11.2. The van der Waals surface area contributed by atoms with Gasteiger partial charge in [-0.3, -0.25) is 0 Å². The van der Waals surface area contributed by atoms with Crippen LogP contribution in [-0.4, -0.2) is 12.2 Å². The molecule has 0 bridgehead atoms. The lowest BCUT2D eigenvalue weighted by molar-refractivity contribution is 0.161. The van der Waals surface area contributed by atoms with Crippen molar-refractivity contribution in [2.24, 2.45) is 5.73 Å². The van der Waals surface area contributed by atoms with E-state index in [-0.39, 0.29) is 17.9 Å². The van der Waals surface area contributed by atoms with Crippen molar-refractivity contribution in [3.63, 3.8) is 0 Å². The monoisotopic (exact) mass is 271 g/mol. The van der Waals surface area contributed by atoms with Gasteiger partial charge in [0, 0.05) is 24.1 Å². The van der Waals surface area contributed by atoms with Gasteiger partial charge in [-0.2, -0.15) is 0 Å². The zero-order valence-electron chi connectivity index (χ0n) is 11.2. The molecular formula is C16H17NO3. The molecule has 20 heavy (non-hydrogen) atoms. The van der Waals surface area contributed by atoms with Gasteiger partial charge in [0.25, 0.3) is 0 Å². The van der Waals surface area contributed by atoms with Crippen molar-refractivity contribution in [2.75, 3.05) is 7.11 Å². The molecule has 0 aromatic heterocycles. The maximum atomic E-state index is 9.35. The first-order chi connectivity index (χ1) is 9.67. The van der Waals surface area contributed by atoms with E-state index in [0.717, 1.165) is 22.6 Å². The molecule has 0 saturated carbocycles. The molecule has 2 aromatic carbocycles. The molecule has 1 heterocycles. The predicted molar refractivity (Wildman–Crippen MR) is 76.0 cm³/mol. The fraction of sp³-hybridized carbons (Fsp3) is 0.250. The summed E-state index contributed by atoms with van der Waals surface area (Å²) in [6, 6.07) is 12.7. The molecule has 2 aromatic rings. The third-order valence-electron chi connectivity index (χ3n) is 3.62. The topological polar surface area (TPSA) is 64.7 Å². The molecule has 4 nitrogen and oxygen atoms in total. The normalized spacial score (nSPS) is 20.9. The van der Waals surface area contributed by atoms with Gasteiger partial charge in [0.2, 0.25) is 0 Å². The molecule has 1 aliphatic rings. The molecule has 0 spiro atoms. The van der Waals surface area contributed by atoms with E-state index in [2.05, 4.69) is 0 Å². The molecule has 0 radical (unpaired) electrons. The number of hydrogen-bond donors (Lipinski definition) is 2. The molecule has 3 rings (SSSR count). The molecule has 0 aliphatic carbocycles. The largest absolute Gasteiger partial charge is 0.508 e. The number of methoxy groups -OCH3 is 1. The third-order valence-corrected chi connectivity index (χ3v) is 3.62. The molecule has 0 saturated heterocycles. The van der Waals surface area contributed by atoms with Crippen LogP contribution in [-0.2, 0) is 0 Å². The van der Waals surface area contributed by atoms with Crippen LogP contribution >= 0.6 is 0 Å². The number of fused-ring (bicyclic) bond motifs is 1. The summed E-state index contributed by atoms with van der Waals surface area (Å²) in [6.45, 7) is 0. The SMILES string of the molecule is COc1ccc2c(c1)OC(c1ccc(O)cc1)C[C@@H]2N. The Balaban J connectivity index is 1.92. The van der Waals surface area contributed by atoms with Crippen LogP contribution in [0.5, 0.6) is 17.2 Å². The highest BCUT2D eigenvalue weighted by Crippen LogP contribution is 2.41. The molecule has 1 unspecified atom stereocenters. The van der Waals surface area contributed by atoms with Gasteiger partial charge in [-0.1, -0.05) is 18.2 Å². The van der Waals surface area contributed by atoms with E-state index in [1.54, 1.807) is 19.2 Å². The van der Waals surface area contributed by atoms with Crippen molar-refractivity contribution < 1.29 is 14.6 Å². The average Bonchev–Trinajstić information content (AvgIpc) is 2.47. The second-order valence-corrected chi connectivity index (χ2v) is 4.94. The lowest BCUT2D eigenvalue weighted by atomic mass is 9.93. The molecule has 4 heteroatoms. The van der Waals surface area contributed by atoms with Gasteiger partial charge in [0.05, 0.1) is 7.11 Å². The first-order valence-corrected chi connectivity index (χ1v) is 6.56. The quantitative estimate of drug-likeness (QED) is 0.881. The lowest BCUT2D eigenvalue weighted by Gasteiger charge is -2.30. The highest BCUT2D eigenvalue weighted by molar-refractivity contribution is 5.44. The number of hydrogen-bond acceptors (Lipinski definition) is 4. The Morgan fingerprint density at radius 2 is 1.95 bits per heavy atom. The number of nitrogens with two attached hydrogens (primary N) is 1. The van der Waals surface area contributed by atoms with E-state index < -0.39 is 0 Å². The predicted octanol–water partition coefficient (Wildman–Crippen LogP) is 2.92. The van der Waals surface area contributed by atoms with Gasteiger partial charge in [-0.05, 0) is 23.8 Å². The van der Waals surface area contributed by atoms with Crippen molar-refractivity contribution >= 4 is 0 Å². The summed E-state index contributed by atoms with van der Waals surface area (Å²) in [4.78, 5) is 0.